The maximum Gasteiger partial charge on any atom is 0.281 e. The number of amides is 2. The average Bonchev–Trinajstić information content (AvgIpc) is 3.55. The quantitative estimate of drug-likeness (QED) is 0.310. The lowest BCUT2D eigenvalue weighted by atomic mass is 9.63. The molecule has 2 aliphatic rings. The summed E-state index contributed by atoms with van der Waals surface area (Å²) in [4.78, 5) is 37.4. The summed E-state index contributed by atoms with van der Waals surface area (Å²) in [5.41, 5.74) is 14.6. The van der Waals surface area contributed by atoms with Crippen molar-refractivity contribution in [2.75, 3.05) is 18.9 Å². The van der Waals surface area contributed by atoms with E-state index in [2.05, 4.69) is 25.4 Å². The number of benzene rings is 1. The molecule has 11 nitrogen and oxygen atoms in total. The van der Waals surface area contributed by atoms with Crippen LogP contribution in [0.3, 0.4) is 0 Å². The van der Waals surface area contributed by atoms with E-state index in [4.69, 9.17) is 16.2 Å². The molecule has 1 atom stereocenters. The van der Waals surface area contributed by atoms with Gasteiger partial charge in [0.1, 0.15) is 12.4 Å². The van der Waals surface area contributed by atoms with Crippen molar-refractivity contribution < 1.29 is 14.3 Å². The smallest absolute Gasteiger partial charge is 0.281 e. The zero-order valence-corrected chi connectivity index (χ0v) is 20.5. The summed E-state index contributed by atoms with van der Waals surface area (Å²) in [5, 5.41) is 6.98. The zero-order valence-electron chi connectivity index (χ0n) is 20.5. The monoisotopic (exact) mass is 502 g/mol. The number of nitrogen functional groups attached to an aromatic ring is 1. The molecule has 2 aromatic heterocycles. The molecule has 1 saturated carbocycles. The van der Waals surface area contributed by atoms with E-state index in [1.54, 1.807) is 12.4 Å². The Labute approximate surface area is 214 Å². The molecule has 3 heterocycles. The molecule has 192 valence electrons. The third-order valence-corrected chi connectivity index (χ3v) is 7.10. The number of nitrogens with two attached hydrogens (primary N) is 2. The van der Waals surface area contributed by atoms with Crippen molar-refractivity contribution in [2.45, 2.75) is 50.2 Å². The minimum atomic E-state index is -0.482. The molecule has 2 fully saturated rings. The summed E-state index contributed by atoms with van der Waals surface area (Å²) >= 11 is 0. The molecule has 1 aliphatic heterocycles. The van der Waals surface area contributed by atoms with Gasteiger partial charge in [-0.15, -0.1) is 0 Å². The number of amidine groups is 1. The molecule has 5 rings (SSSR count). The Morgan fingerprint density at radius 1 is 1.11 bits per heavy atom. The number of nitrogens with zero attached hydrogens (tertiary/aromatic N) is 5. The second-order valence-corrected chi connectivity index (χ2v) is 9.51. The minimum absolute atomic E-state index is 0.00846. The van der Waals surface area contributed by atoms with Crippen LogP contribution in [0.2, 0.25) is 0 Å². The summed E-state index contributed by atoms with van der Waals surface area (Å²) in [6.45, 7) is 1.22. The maximum atomic E-state index is 12.9. The van der Waals surface area contributed by atoms with Crippen molar-refractivity contribution in [2.24, 2.45) is 10.7 Å². The van der Waals surface area contributed by atoms with Crippen LogP contribution in [-0.2, 0) is 21.5 Å². The standard InChI is InChI=1S/C26H30N8O3/c27-24(26(8-2-9-26)20-6-4-17(5-7-20)18-11-30-25(28)31-12-18)33-23(36)19-13-32-34(15-19)16-22(35)29-14-21-3-1-10-37-21/h4-7,11-13,15,21H,1-3,8-10,14,16H2,(H,29,35)(H2,27,33,36)(H2,28,30,31). The van der Waals surface area contributed by atoms with Crippen LogP contribution in [0, 0.1) is 0 Å². The second-order valence-electron chi connectivity index (χ2n) is 9.51. The van der Waals surface area contributed by atoms with Crippen LogP contribution in [0.25, 0.3) is 11.1 Å². The Balaban J connectivity index is 1.24. The molecule has 5 N–H and O–H groups in total. The molecule has 1 unspecified atom stereocenters. The number of carbonyl (C=O) groups excluding carboxylic acids is 2. The number of aliphatic imine (C=N–C) groups is 1. The van der Waals surface area contributed by atoms with Crippen LogP contribution in [0.4, 0.5) is 5.95 Å². The summed E-state index contributed by atoms with van der Waals surface area (Å²) in [5.74, 6) is -0.159. The van der Waals surface area contributed by atoms with Crippen molar-refractivity contribution >= 4 is 23.6 Å². The lowest BCUT2D eigenvalue weighted by Crippen LogP contribution is -2.47. The topological polar surface area (TPSA) is 163 Å². The lowest BCUT2D eigenvalue weighted by Gasteiger charge is -2.41. The highest BCUT2D eigenvalue weighted by molar-refractivity contribution is 6.06. The van der Waals surface area contributed by atoms with Crippen molar-refractivity contribution in [1.29, 1.82) is 0 Å². The maximum absolute atomic E-state index is 12.9. The van der Waals surface area contributed by atoms with E-state index in [1.165, 1.54) is 17.1 Å². The van der Waals surface area contributed by atoms with E-state index in [9.17, 15) is 9.59 Å². The number of carbonyl (C=O) groups is 2. The first kappa shape index (κ1) is 24.6. The lowest BCUT2D eigenvalue weighted by molar-refractivity contribution is -0.122. The van der Waals surface area contributed by atoms with Gasteiger partial charge in [-0.25, -0.2) is 9.97 Å². The van der Waals surface area contributed by atoms with E-state index >= 15 is 0 Å². The number of nitrogens with one attached hydrogen (secondary N) is 1. The van der Waals surface area contributed by atoms with Crippen molar-refractivity contribution in [3.05, 3.63) is 60.2 Å². The SMILES string of the molecule is NC(=NC(=O)c1cnn(CC(=O)NCC2CCCO2)c1)C1(c2ccc(-c3cnc(N)nc3)cc2)CCC1. The molecular formula is C26H30N8O3. The molecule has 0 radical (unpaired) electrons. The van der Waals surface area contributed by atoms with Gasteiger partial charge in [-0.05, 0) is 36.8 Å². The Bertz CT molecular complexity index is 1290. The zero-order chi connectivity index (χ0) is 25.8. The molecule has 0 bridgehead atoms. The van der Waals surface area contributed by atoms with Gasteiger partial charge in [-0.1, -0.05) is 30.7 Å². The van der Waals surface area contributed by atoms with Gasteiger partial charge in [-0.2, -0.15) is 10.1 Å². The van der Waals surface area contributed by atoms with Crippen molar-refractivity contribution in [1.82, 2.24) is 25.1 Å². The number of ether oxygens (including phenoxy) is 1. The molecule has 1 aromatic carbocycles. The normalized spacial score (nSPS) is 18.8. The highest BCUT2D eigenvalue weighted by atomic mass is 16.5. The highest BCUT2D eigenvalue weighted by Gasteiger charge is 2.43. The third kappa shape index (κ3) is 5.36. The molecule has 37 heavy (non-hydrogen) atoms. The van der Waals surface area contributed by atoms with Gasteiger partial charge in [-0.3, -0.25) is 14.3 Å². The van der Waals surface area contributed by atoms with Crippen LogP contribution >= 0.6 is 0 Å². The highest BCUT2D eigenvalue weighted by Crippen LogP contribution is 2.44. The molecule has 1 aliphatic carbocycles. The van der Waals surface area contributed by atoms with Gasteiger partial charge >= 0.3 is 0 Å². The molecule has 2 amide bonds. The Morgan fingerprint density at radius 3 is 2.51 bits per heavy atom. The predicted molar refractivity (Wildman–Crippen MR) is 138 cm³/mol. The summed E-state index contributed by atoms with van der Waals surface area (Å²) in [6, 6.07) is 7.97. The van der Waals surface area contributed by atoms with Crippen molar-refractivity contribution in [3.63, 3.8) is 0 Å². The van der Waals surface area contributed by atoms with Crippen LogP contribution in [0.1, 0.15) is 48.0 Å². The summed E-state index contributed by atoms with van der Waals surface area (Å²) < 4.78 is 6.93. The van der Waals surface area contributed by atoms with Gasteiger partial charge < -0.3 is 21.5 Å². The first-order chi connectivity index (χ1) is 17.9. The van der Waals surface area contributed by atoms with E-state index < -0.39 is 11.3 Å². The molecule has 0 spiro atoms. The van der Waals surface area contributed by atoms with E-state index in [0.717, 1.165) is 55.4 Å². The second kappa shape index (κ2) is 10.5. The number of aromatic nitrogens is 4. The first-order valence-corrected chi connectivity index (χ1v) is 12.4. The fourth-order valence-corrected chi connectivity index (χ4v) is 4.77. The number of anilines is 1. The van der Waals surface area contributed by atoms with Gasteiger partial charge in [0.15, 0.2) is 0 Å². The van der Waals surface area contributed by atoms with Crippen LogP contribution < -0.4 is 16.8 Å². The number of hydrogen-bond acceptors (Lipinski definition) is 7. The Kier molecular flexibility index (Phi) is 6.95. The molecule has 11 heteroatoms. The van der Waals surface area contributed by atoms with Crippen LogP contribution in [0.5, 0.6) is 0 Å². The summed E-state index contributed by atoms with van der Waals surface area (Å²) in [6.07, 6.45) is 10.9. The van der Waals surface area contributed by atoms with Gasteiger partial charge in [0.05, 0.1) is 23.3 Å². The fraction of sp³-hybridized carbons (Fsp3) is 0.385. The largest absolute Gasteiger partial charge is 0.386 e. The number of rotatable bonds is 8. The third-order valence-electron chi connectivity index (χ3n) is 7.10. The van der Waals surface area contributed by atoms with Gasteiger partial charge in [0, 0.05) is 37.3 Å². The van der Waals surface area contributed by atoms with Crippen LogP contribution in [0.15, 0.2) is 54.0 Å². The number of hydrogen-bond donors (Lipinski definition) is 3. The van der Waals surface area contributed by atoms with Crippen molar-refractivity contribution in [3.8, 4) is 11.1 Å². The van der Waals surface area contributed by atoms with Crippen LogP contribution in [-0.4, -0.2) is 56.7 Å². The average molecular weight is 503 g/mol. The fourth-order valence-electron chi connectivity index (χ4n) is 4.77. The van der Waals surface area contributed by atoms with Gasteiger partial charge in [0.2, 0.25) is 11.9 Å². The Hall–Kier alpha value is -4.12. The predicted octanol–water partition coefficient (Wildman–Crippen LogP) is 1.84. The molecule has 3 aromatic rings. The minimum Gasteiger partial charge on any atom is -0.386 e. The Morgan fingerprint density at radius 2 is 1.86 bits per heavy atom. The van der Waals surface area contributed by atoms with E-state index in [-0.39, 0.29) is 35.9 Å². The van der Waals surface area contributed by atoms with Gasteiger partial charge in [0.25, 0.3) is 5.91 Å². The first-order valence-electron chi connectivity index (χ1n) is 12.4. The summed E-state index contributed by atoms with van der Waals surface area (Å²) in [7, 11) is 0. The molecular weight excluding hydrogens is 472 g/mol. The molecule has 1 saturated heterocycles. The van der Waals surface area contributed by atoms with E-state index in [0.29, 0.717) is 6.54 Å². The van der Waals surface area contributed by atoms with E-state index in [1.807, 2.05) is 24.3 Å².